The third-order valence-electron chi connectivity index (χ3n) is 10.9. The predicted octanol–water partition coefficient (Wildman–Crippen LogP) is 7.22. The first-order valence-electron chi connectivity index (χ1n) is 21.3. The zero-order chi connectivity index (χ0) is 43.1. The summed E-state index contributed by atoms with van der Waals surface area (Å²) in [5, 5.41) is 10.1. The van der Waals surface area contributed by atoms with Crippen LogP contribution < -0.4 is 0 Å². The van der Waals surface area contributed by atoms with Crippen molar-refractivity contribution in [2.24, 2.45) is 0 Å². The quantitative estimate of drug-likeness (QED) is 0.0765. The maximum atomic E-state index is 12.0. The highest BCUT2D eigenvalue weighted by molar-refractivity contribution is 6.30. The molecule has 4 aromatic rings. The molecule has 11 nitrogen and oxygen atoms in total. The van der Waals surface area contributed by atoms with Gasteiger partial charge in [-0.3, -0.25) is 24.4 Å². The van der Waals surface area contributed by atoms with Crippen LogP contribution in [0.4, 0.5) is 0 Å². The van der Waals surface area contributed by atoms with Gasteiger partial charge in [0.25, 0.3) is 0 Å². The van der Waals surface area contributed by atoms with E-state index in [2.05, 4.69) is 98.5 Å². The summed E-state index contributed by atoms with van der Waals surface area (Å²) in [4.78, 5) is 32.2. The van der Waals surface area contributed by atoms with Crippen LogP contribution in [0, 0.1) is 0 Å². The minimum Gasteiger partial charge on any atom is -0.480 e. The van der Waals surface area contributed by atoms with Crippen molar-refractivity contribution in [3.63, 3.8) is 0 Å². The number of hydrogen-bond donors (Lipinski definition) is 1. The Morgan fingerprint density at radius 2 is 0.967 bits per heavy atom. The zero-order valence-electron chi connectivity index (χ0n) is 35.4. The molecule has 0 aliphatic carbocycles. The van der Waals surface area contributed by atoms with E-state index in [1.807, 2.05) is 30.3 Å². The Balaban J connectivity index is 0.000000237. The van der Waals surface area contributed by atoms with Crippen LogP contribution in [0.15, 0.2) is 109 Å². The summed E-state index contributed by atoms with van der Waals surface area (Å²) in [5.74, 6) is -0.790. The van der Waals surface area contributed by atoms with Gasteiger partial charge in [0.15, 0.2) is 5.78 Å². The monoisotopic (exact) mass is 876 g/mol. The van der Waals surface area contributed by atoms with Gasteiger partial charge >= 0.3 is 5.97 Å². The molecule has 2 fully saturated rings. The number of ether oxygens (including phenoxy) is 4. The molecule has 2 unspecified atom stereocenters. The first-order chi connectivity index (χ1) is 29.8. The molecule has 0 bridgehead atoms. The van der Waals surface area contributed by atoms with Gasteiger partial charge in [-0.1, -0.05) is 108 Å². The summed E-state index contributed by atoms with van der Waals surface area (Å²) >= 11 is 12.2. The van der Waals surface area contributed by atoms with Crippen LogP contribution in [-0.2, 0) is 28.5 Å². The Kier molecular flexibility index (Phi) is 21.7. The number of rotatable bonds is 23. The molecule has 0 amide bonds. The van der Waals surface area contributed by atoms with E-state index in [0.29, 0.717) is 39.5 Å². The first-order valence-corrected chi connectivity index (χ1v) is 22.1. The standard InChI is InChI=1S/C27H37ClN2O4.C21H25ClN2O3/c1-32-20-21-33-18-5-8-26(31)22-34-19-17-29-13-15-30(16-14-29)27(23-6-3-2-4-7-23)24-9-11-25(28)12-10-24;22-19-8-6-18(7-9-19)21(17-4-2-1-3-5-17)24-12-10-23(11-13-24)14-15-27-16-20(25)26/h2-4,6-7,9-12,27H,5,8,13-22H2,1H3;1-9,21H,10-16H2,(H,25,26). The summed E-state index contributed by atoms with van der Waals surface area (Å²) < 4.78 is 21.1. The molecule has 0 radical (unpaired) electrons. The number of carboxylic acid groups (broad SMARTS) is 1. The van der Waals surface area contributed by atoms with Gasteiger partial charge in [-0.25, -0.2) is 4.79 Å². The second-order valence-corrected chi connectivity index (χ2v) is 16.1. The number of ketones is 1. The predicted molar refractivity (Wildman–Crippen MR) is 242 cm³/mol. The van der Waals surface area contributed by atoms with Crippen LogP contribution in [0.25, 0.3) is 0 Å². The second-order valence-electron chi connectivity index (χ2n) is 15.2. The highest BCUT2D eigenvalue weighted by Gasteiger charge is 2.28. The van der Waals surface area contributed by atoms with Crippen LogP contribution in [0.1, 0.15) is 47.2 Å². The lowest BCUT2D eigenvalue weighted by Gasteiger charge is -2.39. The van der Waals surface area contributed by atoms with Crippen molar-refractivity contribution in [3.05, 3.63) is 141 Å². The highest BCUT2D eigenvalue weighted by Crippen LogP contribution is 2.32. The number of nitrogens with zero attached hydrogens (tertiary/aromatic N) is 4. The number of piperazine rings is 2. The van der Waals surface area contributed by atoms with E-state index in [1.54, 1.807) is 7.11 Å². The van der Waals surface area contributed by atoms with Crippen molar-refractivity contribution >= 4 is 35.0 Å². The second kappa shape index (κ2) is 27.4. The SMILES string of the molecule is COCCOCCCC(=O)COCCN1CCN(C(c2ccccc2)c2ccc(Cl)cc2)CC1.O=C(O)COCCN1CCN(C(c2ccccc2)c2ccc(Cl)cc2)CC1. The molecule has 13 heteroatoms. The Hall–Kier alpha value is -3.72. The number of benzene rings is 4. The molecule has 6 rings (SSSR count). The van der Waals surface area contributed by atoms with Crippen molar-refractivity contribution in [1.29, 1.82) is 0 Å². The van der Waals surface area contributed by atoms with Crippen LogP contribution in [0.2, 0.25) is 10.0 Å². The van der Waals surface area contributed by atoms with Gasteiger partial charge in [0, 0.05) is 95.6 Å². The van der Waals surface area contributed by atoms with Crippen molar-refractivity contribution < 1.29 is 33.6 Å². The van der Waals surface area contributed by atoms with Gasteiger partial charge in [0.2, 0.25) is 0 Å². The van der Waals surface area contributed by atoms with E-state index < -0.39 is 5.97 Å². The minimum atomic E-state index is -0.923. The number of aliphatic carboxylic acids is 1. The Bertz CT molecular complexity index is 1810. The topological polar surface area (TPSA) is 104 Å². The fourth-order valence-corrected chi connectivity index (χ4v) is 7.95. The number of methoxy groups -OCH3 is 1. The molecule has 2 aliphatic rings. The maximum Gasteiger partial charge on any atom is 0.329 e. The summed E-state index contributed by atoms with van der Waals surface area (Å²) in [6.45, 7) is 12.0. The Morgan fingerprint density at radius 3 is 1.39 bits per heavy atom. The average molecular weight is 878 g/mol. The molecule has 0 spiro atoms. The first kappa shape index (κ1) is 48.3. The fraction of sp³-hybridized carbons (Fsp3) is 0.458. The van der Waals surface area contributed by atoms with E-state index in [9.17, 15) is 9.59 Å². The van der Waals surface area contributed by atoms with Gasteiger partial charge in [-0.2, -0.15) is 0 Å². The van der Waals surface area contributed by atoms with Crippen LogP contribution in [0.3, 0.4) is 0 Å². The average Bonchev–Trinajstić information content (AvgIpc) is 3.28. The van der Waals surface area contributed by atoms with Crippen molar-refractivity contribution in [3.8, 4) is 0 Å². The van der Waals surface area contributed by atoms with Crippen LogP contribution in [-0.4, -0.2) is 155 Å². The molecule has 2 atom stereocenters. The normalized spacial score (nSPS) is 16.4. The summed E-state index contributed by atoms with van der Waals surface area (Å²) in [6, 6.07) is 37.9. The number of carbonyl (C=O) groups is 2. The van der Waals surface area contributed by atoms with E-state index in [4.69, 9.17) is 47.3 Å². The Morgan fingerprint density at radius 1 is 0.541 bits per heavy atom. The van der Waals surface area contributed by atoms with E-state index in [0.717, 1.165) is 81.9 Å². The molecule has 61 heavy (non-hydrogen) atoms. The van der Waals surface area contributed by atoms with E-state index >= 15 is 0 Å². The van der Waals surface area contributed by atoms with Gasteiger partial charge in [0.05, 0.1) is 38.5 Å². The van der Waals surface area contributed by atoms with Gasteiger partial charge in [-0.05, 0) is 52.9 Å². The third kappa shape index (κ3) is 17.2. The lowest BCUT2D eigenvalue weighted by molar-refractivity contribution is -0.142. The van der Waals surface area contributed by atoms with Crippen molar-refractivity contribution in [1.82, 2.24) is 19.6 Å². The summed E-state index contributed by atoms with van der Waals surface area (Å²) in [7, 11) is 1.65. The number of Topliss-reactive ketones (excluding diaryl/α,β-unsaturated/α-hetero) is 1. The lowest BCUT2D eigenvalue weighted by atomic mass is 9.96. The third-order valence-corrected chi connectivity index (χ3v) is 11.4. The van der Waals surface area contributed by atoms with Crippen molar-refractivity contribution in [2.45, 2.75) is 24.9 Å². The van der Waals surface area contributed by atoms with Gasteiger partial charge in [-0.15, -0.1) is 0 Å². The molecule has 2 saturated heterocycles. The fourth-order valence-electron chi connectivity index (χ4n) is 7.70. The number of halogens is 2. The zero-order valence-corrected chi connectivity index (χ0v) is 36.9. The van der Waals surface area contributed by atoms with Gasteiger partial charge < -0.3 is 24.1 Å². The molecule has 4 aromatic carbocycles. The van der Waals surface area contributed by atoms with Crippen LogP contribution in [0.5, 0.6) is 0 Å². The van der Waals surface area contributed by atoms with Gasteiger partial charge in [0.1, 0.15) is 13.2 Å². The highest BCUT2D eigenvalue weighted by atomic mass is 35.5. The molecule has 1 N–H and O–H groups in total. The molecule has 2 heterocycles. The Labute approximate surface area is 372 Å². The van der Waals surface area contributed by atoms with E-state index in [1.165, 1.54) is 22.3 Å². The smallest absolute Gasteiger partial charge is 0.329 e. The maximum absolute atomic E-state index is 12.0. The summed E-state index contributed by atoms with van der Waals surface area (Å²) in [6.07, 6.45) is 1.22. The summed E-state index contributed by atoms with van der Waals surface area (Å²) in [5.41, 5.74) is 5.07. The molecule has 2 aliphatic heterocycles. The minimum absolute atomic E-state index is 0.133. The molecule has 0 saturated carbocycles. The lowest BCUT2D eigenvalue weighted by Crippen LogP contribution is -2.48. The largest absolute Gasteiger partial charge is 0.480 e. The van der Waals surface area contributed by atoms with Crippen LogP contribution >= 0.6 is 23.2 Å². The molecular formula is C48H62Cl2N4O7. The molecule has 0 aromatic heterocycles. The molecular weight excluding hydrogens is 815 g/mol. The number of hydrogen-bond acceptors (Lipinski definition) is 10. The van der Waals surface area contributed by atoms with Crippen molar-refractivity contribution in [2.75, 3.05) is 119 Å². The number of carbonyl (C=O) groups excluding carboxylic acids is 1. The number of carboxylic acids is 1. The molecule has 330 valence electrons. The van der Waals surface area contributed by atoms with E-state index in [-0.39, 0.29) is 31.1 Å².